The molecule has 8 nitrogen and oxygen atoms in total. The molecule has 0 unspecified atom stereocenters. The summed E-state index contributed by atoms with van der Waals surface area (Å²) in [6.07, 6.45) is 4.02. The minimum atomic E-state index is -0.234. The van der Waals surface area contributed by atoms with Gasteiger partial charge in [0.25, 0.3) is 0 Å². The van der Waals surface area contributed by atoms with Gasteiger partial charge in [0.05, 0.1) is 22.8 Å². The third-order valence-electron chi connectivity index (χ3n) is 5.90. The Morgan fingerprint density at radius 2 is 1.79 bits per heavy atom. The highest BCUT2D eigenvalue weighted by Gasteiger charge is 2.24. The third-order valence-corrected chi connectivity index (χ3v) is 6.84. The first-order valence-electron chi connectivity index (χ1n) is 11.1. The Labute approximate surface area is 197 Å². The fraction of sp³-hybridized carbons (Fsp3) is 0.333. The van der Waals surface area contributed by atoms with Gasteiger partial charge in [0, 0.05) is 19.0 Å². The molecule has 33 heavy (non-hydrogen) atoms. The molecule has 3 N–H and O–H groups in total. The highest BCUT2D eigenvalue weighted by molar-refractivity contribution is 7.99. The van der Waals surface area contributed by atoms with E-state index in [9.17, 15) is 9.59 Å². The Bertz CT molecular complexity index is 1120. The predicted octanol–water partition coefficient (Wildman–Crippen LogP) is 3.26. The molecule has 9 heteroatoms. The van der Waals surface area contributed by atoms with E-state index in [1.165, 1.54) is 17.3 Å². The normalized spacial score (nSPS) is 14.3. The molecule has 2 aromatic carbocycles. The van der Waals surface area contributed by atoms with Gasteiger partial charge < -0.3 is 16.0 Å². The number of primary amides is 1. The summed E-state index contributed by atoms with van der Waals surface area (Å²) in [7, 11) is 0. The maximum Gasteiger partial charge on any atom is 0.234 e. The van der Waals surface area contributed by atoms with Gasteiger partial charge in [0.1, 0.15) is 6.33 Å². The van der Waals surface area contributed by atoms with Crippen LogP contribution in [0.3, 0.4) is 0 Å². The number of aromatic nitrogens is 3. The quantitative estimate of drug-likeness (QED) is 0.496. The predicted molar refractivity (Wildman–Crippen MR) is 131 cm³/mol. The number of nitrogens with two attached hydrogens (primary N) is 1. The van der Waals surface area contributed by atoms with E-state index >= 15 is 0 Å². The van der Waals surface area contributed by atoms with Gasteiger partial charge in [0.15, 0.2) is 5.16 Å². The Hall–Kier alpha value is -3.33. The number of anilines is 2. The van der Waals surface area contributed by atoms with Crippen LogP contribution in [0, 0.1) is 5.92 Å². The van der Waals surface area contributed by atoms with Crippen molar-refractivity contribution in [2.45, 2.75) is 31.3 Å². The molecule has 1 aliphatic rings. The summed E-state index contributed by atoms with van der Waals surface area (Å²) in [5.74, 6) is -0.208. The molecule has 1 aromatic heterocycles. The van der Waals surface area contributed by atoms with E-state index in [4.69, 9.17) is 5.73 Å². The smallest absolute Gasteiger partial charge is 0.234 e. The van der Waals surface area contributed by atoms with Crippen LogP contribution in [-0.4, -0.2) is 45.4 Å². The molecule has 0 atom stereocenters. The zero-order valence-electron chi connectivity index (χ0n) is 18.6. The van der Waals surface area contributed by atoms with Gasteiger partial charge in [-0.3, -0.25) is 14.2 Å². The van der Waals surface area contributed by atoms with Gasteiger partial charge in [-0.05, 0) is 43.0 Å². The van der Waals surface area contributed by atoms with Gasteiger partial charge in [-0.15, -0.1) is 10.2 Å². The van der Waals surface area contributed by atoms with Gasteiger partial charge >= 0.3 is 0 Å². The van der Waals surface area contributed by atoms with Crippen molar-refractivity contribution in [2.75, 3.05) is 29.1 Å². The van der Waals surface area contributed by atoms with Crippen LogP contribution in [0.1, 0.15) is 25.3 Å². The molecule has 0 aliphatic carbocycles. The molecular weight excluding hydrogens is 436 g/mol. The molecule has 1 aliphatic heterocycles. The van der Waals surface area contributed by atoms with E-state index in [2.05, 4.69) is 33.4 Å². The molecule has 0 spiro atoms. The molecule has 172 valence electrons. The van der Waals surface area contributed by atoms with Crippen LogP contribution in [0.25, 0.3) is 5.69 Å². The number of nitrogens with one attached hydrogen (secondary N) is 1. The first-order chi connectivity index (χ1) is 16.1. The first kappa shape index (κ1) is 22.8. The van der Waals surface area contributed by atoms with Crippen LogP contribution in [-0.2, 0) is 16.0 Å². The molecule has 0 bridgehead atoms. The van der Waals surface area contributed by atoms with Gasteiger partial charge in [-0.2, -0.15) is 0 Å². The van der Waals surface area contributed by atoms with E-state index < -0.39 is 0 Å². The molecule has 3 aromatic rings. The minimum Gasteiger partial charge on any atom is -0.370 e. The standard InChI is InChI=1S/C24H28N6O2S/c1-2-17-7-3-5-9-20(17)30-16-26-28-24(30)33-15-22(31)27-19-8-4-6-10-21(19)29-13-11-18(12-14-29)23(25)32/h3-10,16,18H,2,11-15H2,1H3,(H2,25,32)(H,27,31). The maximum absolute atomic E-state index is 12.8. The van der Waals surface area contributed by atoms with Crippen molar-refractivity contribution >= 4 is 35.0 Å². The average Bonchev–Trinajstić information content (AvgIpc) is 3.31. The molecule has 0 radical (unpaired) electrons. The van der Waals surface area contributed by atoms with Crippen LogP contribution >= 0.6 is 11.8 Å². The zero-order chi connectivity index (χ0) is 23.2. The Morgan fingerprint density at radius 3 is 2.52 bits per heavy atom. The van der Waals surface area contributed by atoms with Crippen molar-refractivity contribution in [2.24, 2.45) is 11.7 Å². The number of amides is 2. The summed E-state index contributed by atoms with van der Waals surface area (Å²) in [4.78, 5) is 26.4. The Balaban J connectivity index is 1.40. The largest absolute Gasteiger partial charge is 0.370 e. The summed E-state index contributed by atoms with van der Waals surface area (Å²) in [5, 5.41) is 12.0. The molecular formula is C24H28N6O2S. The van der Waals surface area contributed by atoms with Crippen LogP contribution in [0.2, 0.25) is 0 Å². The van der Waals surface area contributed by atoms with Crippen molar-refractivity contribution in [3.05, 3.63) is 60.4 Å². The second kappa shape index (κ2) is 10.5. The van der Waals surface area contributed by atoms with E-state index in [1.807, 2.05) is 47.0 Å². The first-order valence-corrected chi connectivity index (χ1v) is 12.1. The lowest BCUT2D eigenvalue weighted by Crippen LogP contribution is -2.38. The van der Waals surface area contributed by atoms with Crippen LogP contribution in [0.5, 0.6) is 0 Å². The highest BCUT2D eigenvalue weighted by atomic mass is 32.2. The zero-order valence-corrected chi connectivity index (χ0v) is 19.4. The second-order valence-corrected chi connectivity index (χ2v) is 8.93. The monoisotopic (exact) mass is 464 g/mol. The number of piperidine rings is 1. The molecule has 0 saturated carbocycles. The number of para-hydroxylation sites is 3. The second-order valence-electron chi connectivity index (χ2n) is 7.98. The fourth-order valence-corrected chi connectivity index (χ4v) is 4.83. The number of hydrogen-bond acceptors (Lipinski definition) is 6. The molecule has 1 saturated heterocycles. The number of hydrogen-bond donors (Lipinski definition) is 2. The van der Waals surface area contributed by atoms with E-state index in [1.54, 1.807) is 6.33 Å². The van der Waals surface area contributed by atoms with Gasteiger partial charge in [0.2, 0.25) is 11.8 Å². The summed E-state index contributed by atoms with van der Waals surface area (Å²) in [5.41, 5.74) is 9.39. The van der Waals surface area contributed by atoms with Crippen molar-refractivity contribution < 1.29 is 9.59 Å². The van der Waals surface area contributed by atoms with Crippen molar-refractivity contribution in [3.8, 4) is 5.69 Å². The number of carbonyl (C=O) groups is 2. The molecule has 2 amide bonds. The summed E-state index contributed by atoms with van der Waals surface area (Å²) >= 11 is 1.35. The van der Waals surface area contributed by atoms with Gasteiger partial charge in [-0.25, -0.2) is 0 Å². The Kier molecular flexibility index (Phi) is 7.29. The Morgan fingerprint density at radius 1 is 1.09 bits per heavy atom. The van der Waals surface area contributed by atoms with E-state index in [0.29, 0.717) is 5.16 Å². The summed E-state index contributed by atoms with van der Waals surface area (Å²) < 4.78 is 1.92. The lowest BCUT2D eigenvalue weighted by atomic mass is 9.96. The molecule has 4 rings (SSSR count). The van der Waals surface area contributed by atoms with Crippen LogP contribution in [0.4, 0.5) is 11.4 Å². The lowest BCUT2D eigenvalue weighted by molar-refractivity contribution is -0.122. The fourth-order valence-electron chi connectivity index (χ4n) is 4.11. The number of carbonyl (C=O) groups excluding carboxylic acids is 2. The number of aryl methyl sites for hydroxylation is 1. The minimum absolute atomic E-state index is 0.0745. The van der Waals surface area contributed by atoms with Crippen LogP contribution < -0.4 is 16.0 Å². The number of rotatable bonds is 8. The maximum atomic E-state index is 12.8. The van der Waals surface area contributed by atoms with E-state index in [0.717, 1.165) is 49.4 Å². The summed E-state index contributed by atoms with van der Waals surface area (Å²) in [6, 6.07) is 15.9. The third kappa shape index (κ3) is 5.36. The average molecular weight is 465 g/mol. The van der Waals surface area contributed by atoms with Crippen molar-refractivity contribution in [1.29, 1.82) is 0 Å². The number of thioether (sulfide) groups is 1. The molecule has 1 fully saturated rings. The highest BCUT2D eigenvalue weighted by Crippen LogP contribution is 2.30. The van der Waals surface area contributed by atoms with Gasteiger partial charge in [-0.1, -0.05) is 49.0 Å². The van der Waals surface area contributed by atoms with Crippen LogP contribution in [0.15, 0.2) is 60.0 Å². The molecule has 2 heterocycles. The van der Waals surface area contributed by atoms with Crippen molar-refractivity contribution in [1.82, 2.24) is 14.8 Å². The topological polar surface area (TPSA) is 106 Å². The SMILES string of the molecule is CCc1ccccc1-n1cnnc1SCC(=O)Nc1ccccc1N1CCC(C(N)=O)CC1. The van der Waals surface area contributed by atoms with Crippen molar-refractivity contribution in [3.63, 3.8) is 0 Å². The lowest BCUT2D eigenvalue weighted by Gasteiger charge is -2.33. The number of benzene rings is 2. The summed E-state index contributed by atoms with van der Waals surface area (Å²) in [6.45, 7) is 3.57. The number of nitrogens with zero attached hydrogens (tertiary/aromatic N) is 4. The van der Waals surface area contributed by atoms with E-state index in [-0.39, 0.29) is 23.5 Å².